The molecule has 0 bridgehead atoms. The van der Waals surface area contributed by atoms with Gasteiger partial charge in [0.1, 0.15) is 0 Å². The summed E-state index contributed by atoms with van der Waals surface area (Å²) in [6.07, 6.45) is 6.56. The molecule has 1 aromatic heterocycles. The second-order valence-electron chi connectivity index (χ2n) is 4.30. The van der Waals surface area contributed by atoms with Crippen molar-refractivity contribution in [2.45, 2.75) is 6.54 Å². The molecule has 1 N–H and O–H groups in total. The number of aromatic amines is 1. The molecule has 1 amide bonds. The Kier molecular flexibility index (Phi) is 4.82. The van der Waals surface area contributed by atoms with Gasteiger partial charge in [0.2, 0.25) is 5.91 Å². The lowest BCUT2D eigenvalue weighted by Crippen LogP contribution is -2.23. The summed E-state index contributed by atoms with van der Waals surface area (Å²) in [5.41, 5.74) is 1.65. The summed E-state index contributed by atoms with van der Waals surface area (Å²) in [4.78, 5) is 13.6. The van der Waals surface area contributed by atoms with Crippen LogP contribution >= 0.6 is 23.2 Å². The molecule has 0 fully saturated rings. The van der Waals surface area contributed by atoms with Crippen molar-refractivity contribution >= 4 is 35.2 Å². The van der Waals surface area contributed by atoms with E-state index in [1.165, 1.54) is 6.08 Å². The third-order valence-corrected chi connectivity index (χ3v) is 3.29. The summed E-state index contributed by atoms with van der Waals surface area (Å²) in [7, 11) is 1.72. The quantitative estimate of drug-likeness (QED) is 0.880. The average Bonchev–Trinajstić information content (AvgIpc) is 2.92. The Morgan fingerprint density at radius 3 is 2.95 bits per heavy atom. The van der Waals surface area contributed by atoms with Gasteiger partial charge in [0.05, 0.1) is 6.20 Å². The lowest BCUT2D eigenvalue weighted by Gasteiger charge is -2.13. The SMILES string of the molecule is CN(Cc1cn[nH]c1)C(=O)C=Cc1cc(Cl)ccc1Cl. The van der Waals surface area contributed by atoms with Crippen molar-refractivity contribution in [2.75, 3.05) is 7.05 Å². The maximum Gasteiger partial charge on any atom is 0.246 e. The highest BCUT2D eigenvalue weighted by Crippen LogP contribution is 2.21. The third-order valence-electron chi connectivity index (χ3n) is 2.71. The number of H-pyrrole nitrogens is 1. The number of nitrogens with one attached hydrogen (secondary N) is 1. The van der Waals surface area contributed by atoms with Crippen LogP contribution in [0, 0.1) is 0 Å². The molecule has 0 atom stereocenters. The number of likely N-dealkylation sites (N-methyl/N-ethyl adjacent to an activating group) is 1. The van der Waals surface area contributed by atoms with Crippen LogP contribution in [0.5, 0.6) is 0 Å². The molecule has 20 heavy (non-hydrogen) atoms. The highest BCUT2D eigenvalue weighted by Gasteiger charge is 2.07. The minimum absolute atomic E-state index is 0.123. The summed E-state index contributed by atoms with van der Waals surface area (Å²) in [5, 5.41) is 7.67. The topological polar surface area (TPSA) is 49.0 Å². The van der Waals surface area contributed by atoms with Gasteiger partial charge in [-0.15, -0.1) is 0 Å². The van der Waals surface area contributed by atoms with Gasteiger partial charge in [-0.2, -0.15) is 5.10 Å². The lowest BCUT2D eigenvalue weighted by atomic mass is 10.2. The standard InChI is InChI=1S/C14H13Cl2N3O/c1-19(9-10-7-17-18-8-10)14(20)5-2-11-6-12(15)3-4-13(11)16/h2-8H,9H2,1H3,(H,17,18). The summed E-state index contributed by atoms with van der Waals surface area (Å²) >= 11 is 11.9. The maximum absolute atomic E-state index is 12.0. The van der Waals surface area contributed by atoms with Gasteiger partial charge in [-0.1, -0.05) is 23.2 Å². The van der Waals surface area contributed by atoms with Crippen LogP contribution in [0.4, 0.5) is 0 Å². The van der Waals surface area contributed by atoms with Gasteiger partial charge >= 0.3 is 0 Å². The zero-order valence-corrected chi connectivity index (χ0v) is 12.3. The molecule has 2 aromatic rings. The fraction of sp³-hybridized carbons (Fsp3) is 0.143. The van der Waals surface area contributed by atoms with Crippen LogP contribution in [0.2, 0.25) is 10.0 Å². The number of amides is 1. The lowest BCUT2D eigenvalue weighted by molar-refractivity contribution is -0.125. The molecule has 104 valence electrons. The molecule has 1 aromatic carbocycles. The second-order valence-corrected chi connectivity index (χ2v) is 5.14. The average molecular weight is 310 g/mol. The Morgan fingerprint density at radius 2 is 2.25 bits per heavy atom. The van der Waals surface area contributed by atoms with Crippen molar-refractivity contribution in [3.63, 3.8) is 0 Å². The number of halogens is 2. The molecule has 2 rings (SSSR count). The van der Waals surface area contributed by atoms with Crippen molar-refractivity contribution in [3.8, 4) is 0 Å². The van der Waals surface area contributed by atoms with Gasteiger partial charge < -0.3 is 4.90 Å². The molecule has 0 aliphatic carbocycles. The summed E-state index contributed by atoms with van der Waals surface area (Å²) < 4.78 is 0. The minimum Gasteiger partial charge on any atom is -0.338 e. The van der Waals surface area contributed by atoms with E-state index in [1.54, 1.807) is 48.6 Å². The van der Waals surface area contributed by atoms with Crippen LogP contribution in [-0.2, 0) is 11.3 Å². The Hall–Kier alpha value is -1.78. The Balaban J connectivity index is 2.03. The monoisotopic (exact) mass is 309 g/mol. The van der Waals surface area contributed by atoms with Crippen molar-refractivity contribution in [2.24, 2.45) is 0 Å². The Bertz CT molecular complexity index is 623. The van der Waals surface area contributed by atoms with E-state index in [0.29, 0.717) is 22.2 Å². The molecule has 4 nitrogen and oxygen atoms in total. The fourth-order valence-corrected chi connectivity index (χ4v) is 2.01. The Morgan fingerprint density at radius 1 is 1.45 bits per heavy atom. The van der Waals surface area contributed by atoms with Crippen molar-refractivity contribution in [1.29, 1.82) is 0 Å². The van der Waals surface area contributed by atoms with Gasteiger partial charge in [0.15, 0.2) is 0 Å². The molecule has 0 saturated carbocycles. The first-order chi connectivity index (χ1) is 9.56. The molecular formula is C14H13Cl2N3O. The van der Waals surface area contributed by atoms with E-state index < -0.39 is 0 Å². The second kappa shape index (κ2) is 6.59. The van der Waals surface area contributed by atoms with Crippen molar-refractivity contribution in [1.82, 2.24) is 15.1 Å². The van der Waals surface area contributed by atoms with Crippen LogP contribution in [0.3, 0.4) is 0 Å². The van der Waals surface area contributed by atoms with Crippen LogP contribution in [0.1, 0.15) is 11.1 Å². The maximum atomic E-state index is 12.0. The van der Waals surface area contributed by atoms with E-state index in [2.05, 4.69) is 10.2 Å². The number of rotatable bonds is 4. The van der Waals surface area contributed by atoms with Crippen LogP contribution < -0.4 is 0 Å². The van der Waals surface area contributed by atoms with E-state index in [9.17, 15) is 4.79 Å². The van der Waals surface area contributed by atoms with Crippen molar-refractivity contribution in [3.05, 3.63) is 57.8 Å². The van der Waals surface area contributed by atoms with Gasteiger partial charge in [-0.05, 0) is 29.8 Å². The molecular weight excluding hydrogens is 297 g/mol. The summed E-state index contributed by atoms with van der Waals surface area (Å²) in [5.74, 6) is -0.123. The first-order valence-corrected chi connectivity index (χ1v) is 6.68. The van der Waals surface area contributed by atoms with E-state index in [1.807, 2.05) is 0 Å². The molecule has 0 radical (unpaired) electrons. The van der Waals surface area contributed by atoms with Crippen molar-refractivity contribution < 1.29 is 4.79 Å². The molecule has 0 saturated heterocycles. The van der Waals surface area contributed by atoms with E-state index in [4.69, 9.17) is 23.2 Å². The van der Waals surface area contributed by atoms with E-state index in [-0.39, 0.29) is 5.91 Å². The van der Waals surface area contributed by atoms with E-state index in [0.717, 1.165) is 5.56 Å². The number of carbonyl (C=O) groups is 1. The zero-order valence-electron chi connectivity index (χ0n) is 10.8. The van der Waals surface area contributed by atoms with Gasteiger partial charge in [-0.3, -0.25) is 9.89 Å². The highest BCUT2D eigenvalue weighted by atomic mass is 35.5. The van der Waals surface area contributed by atoms with Gasteiger partial charge in [0, 0.05) is 41.5 Å². The van der Waals surface area contributed by atoms with Crippen LogP contribution in [0.25, 0.3) is 6.08 Å². The van der Waals surface area contributed by atoms with Gasteiger partial charge in [-0.25, -0.2) is 0 Å². The van der Waals surface area contributed by atoms with E-state index >= 15 is 0 Å². The molecule has 0 aliphatic rings. The predicted octanol–water partition coefficient (Wildman–Crippen LogP) is 3.39. The number of aromatic nitrogens is 2. The summed E-state index contributed by atoms with van der Waals surface area (Å²) in [6.45, 7) is 0.489. The normalized spacial score (nSPS) is 10.9. The Labute approximate surface area is 127 Å². The molecule has 0 unspecified atom stereocenters. The largest absolute Gasteiger partial charge is 0.338 e. The molecule has 0 spiro atoms. The highest BCUT2D eigenvalue weighted by molar-refractivity contribution is 6.34. The number of hydrogen-bond acceptors (Lipinski definition) is 2. The summed E-state index contributed by atoms with van der Waals surface area (Å²) in [6, 6.07) is 5.11. The zero-order chi connectivity index (χ0) is 14.5. The predicted molar refractivity (Wildman–Crippen MR) is 80.6 cm³/mol. The van der Waals surface area contributed by atoms with Crippen LogP contribution in [-0.4, -0.2) is 28.1 Å². The number of nitrogens with zero attached hydrogens (tertiary/aromatic N) is 2. The molecule has 1 heterocycles. The first kappa shape index (κ1) is 14.6. The minimum atomic E-state index is -0.123. The smallest absolute Gasteiger partial charge is 0.246 e. The van der Waals surface area contributed by atoms with Gasteiger partial charge in [0.25, 0.3) is 0 Å². The first-order valence-electron chi connectivity index (χ1n) is 5.92. The van der Waals surface area contributed by atoms with Crippen LogP contribution in [0.15, 0.2) is 36.7 Å². The number of benzene rings is 1. The number of carbonyl (C=O) groups excluding carboxylic acids is 1. The third kappa shape index (κ3) is 3.85. The number of hydrogen-bond donors (Lipinski definition) is 1. The molecule has 0 aliphatic heterocycles. The fourth-order valence-electron chi connectivity index (χ4n) is 1.65. The molecule has 6 heteroatoms.